The zero-order chi connectivity index (χ0) is 16.1. The maximum Gasteiger partial charge on any atom is 0.171 e. The maximum atomic E-state index is 5.98. The van der Waals surface area contributed by atoms with Crippen molar-refractivity contribution in [3.05, 3.63) is 71.7 Å². The van der Waals surface area contributed by atoms with Gasteiger partial charge in [-0.2, -0.15) is 0 Å². The monoisotopic (exact) mass is 343 g/mol. The standard InChI is InChI=1S/C17H14ClN3OS/c18-16-14(7-4-10-19-16)21-17(23)20-11-13-8-9-15(22-13)12-5-2-1-3-6-12/h1-10H,11H2,(H2,20,21,23). The van der Waals surface area contributed by atoms with Crippen LogP contribution in [0, 0.1) is 0 Å². The number of hydrogen-bond acceptors (Lipinski definition) is 3. The molecule has 0 saturated carbocycles. The van der Waals surface area contributed by atoms with E-state index in [-0.39, 0.29) is 0 Å². The first kappa shape index (κ1) is 15.5. The Bertz CT molecular complexity index is 804. The van der Waals surface area contributed by atoms with E-state index < -0.39 is 0 Å². The van der Waals surface area contributed by atoms with E-state index in [1.807, 2.05) is 48.5 Å². The molecule has 0 unspecified atom stereocenters. The van der Waals surface area contributed by atoms with Crippen LogP contribution in [0.25, 0.3) is 11.3 Å². The van der Waals surface area contributed by atoms with Crippen LogP contribution < -0.4 is 10.6 Å². The van der Waals surface area contributed by atoms with Gasteiger partial charge in [-0.15, -0.1) is 0 Å². The van der Waals surface area contributed by atoms with Crippen LogP contribution in [0.3, 0.4) is 0 Å². The summed E-state index contributed by atoms with van der Waals surface area (Å²) in [6.45, 7) is 0.483. The molecular weight excluding hydrogens is 330 g/mol. The van der Waals surface area contributed by atoms with Crippen molar-refractivity contribution < 1.29 is 4.42 Å². The van der Waals surface area contributed by atoms with Crippen molar-refractivity contribution in [3.63, 3.8) is 0 Å². The van der Waals surface area contributed by atoms with Crippen LogP contribution in [0.5, 0.6) is 0 Å². The van der Waals surface area contributed by atoms with Gasteiger partial charge >= 0.3 is 0 Å². The Morgan fingerprint density at radius 2 is 1.91 bits per heavy atom. The van der Waals surface area contributed by atoms with E-state index in [1.165, 1.54) is 0 Å². The first-order chi connectivity index (χ1) is 11.2. The van der Waals surface area contributed by atoms with E-state index >= 15 is 0 Å². The van der Waals surface area contributed by atoms with E-state index in [4.69, 9.17) is 28.2 Å². The second-order valence-corrected chi connectivity index (χ2v) is 5.55. The minimum atomic E-state index is 0.376. The van der Waals surface area contributed by atoms with Crippen LogP contribution in [0.4, 0.5) is 5.69 Å². The number of nitrogens with one attached hydrogen (secondary N) is 2. The molecule has 116 valence electrons. The number of anilines is 1. The number of benzene rings is 1. The third-order valence-corrected chi connectivity index (χ3v) is 3.70. The fourth-order valence-corrected chi connectivity index (χ4v) is 2.39. The molecule has 4 nitrogen and oxygen atoms in total. The lowest BCUT2D eigenvalue weighted by Gasteiger charge is -2.10. The molecule has 0 saturated heterocycles. The zero-order valence-corrected chi connectivity index (χ0v) is 13.7. The van der Waals surface area contributed by atoms with Gasteiger partial charge in [-0.3, -0.25) is 0 Å². The predicted molar refractivity (Wildman–Crippen MR) is 96.5 cm³/mol. The molecule has 2 aromatic heterocycles. The SMILES string of the molecule is S=C(NCc1ccc(-c2ccccc2)o1)Nc1cccnc1Cl. The molecule has 0 fully saturated rings. The third kappa shape index (κ3) is 4.09. The van der Waals surface area contributed by atoms with E-state index in [0.29, 0.717) is 22.5 Å². The lowest BCUT2D eigenvalue weighted by atomic mass is 10.2. The average Bonchev–Trinajstić information content (AvgIpc) is 3.05. The quantitative estimate of drug-likeness (QED) is 0.540. The third-order valence-electron chi connectivity index (χ3n) is 3.15. The second-order valence-electron chi connectivity index (χ2n) is 4.78. The van der Waals surface area contributed by atoms with Crippen LogP contribution in [0.2, 0.25) is 5.15 Å². The van der Waals surface area contributed by atoms with Crippen LogP contribution in [0.1, 0.15) is 5.76 Å². The van der Waals surface area contributed by atoms with Gasteiger partial charge in [0.15, 0.2) is 10.3 Å². The number of pyridine rings is 1. The van der Waals surface area contributed by atoms with Gasteiger partial charge in [-0.05, 0) is 36.5 Å². The molecule has 0 aliphatic heterocycles. The summed E-state index contributed by atoms with van der Waals surface area (Å²) < 4.78 is 5.81. The molecule has 0 bridgehead atoms. The summed E-state index contributed by atoms with van der Waals surface area (Å²) >= 11 is 11.2. The van der Waals surface area contributed by atoms with Gasteiger partial charge in [0.25, 0.3) is 0 Å². The minimum absolute atomic E-state index is 0.376. The summed E-state index contributed by atoms with van der Waals surface area (Å²) in [7, 11) is 0. The highest BCUT2D eigenvalue weighted by Crippen LogP contribution is 2.21. The van der Waals surface area contributed by atoms with Crippen LogP contribution in [0.15, 0.2) is 65.2 Å². The van der Waals surface area contributed by atoms with Gasteiger partial charge in [0.05, 0.1) is 12.2 Å². The highest BCUT2D eigenvalue weighted by atomic mass is 35.5. The summed E-state index contributed by atoms with van der Waals surface area (Å²) in [5, 5.41) is 6.91. The topological polar surface area (TPSA) is 50.1 Å². The summed E-state index contributed by atoms with van der Waals surface area (Å²) in [6, 6.07) is 17.4. The van der Waals surface area contributed by atoms with Crippen LogP contribution in [-0.2, 0) is 6.54 Å². The normalized spacial score (nSPS) is 10.3. The smallest absolute Gasteiger partial charge is 0.171 e. The largest absolute Gasteiger partial charge is 0.459 e. The predicted octanol–water partition coefficient (Wildman–Crippen LogP) is 4.48. The Hall–Kier alpha value is -2.37. The zero-order valence-electron chi connectivity index (χ0n) is 12.1. The summed E-state index contributed by atoms with van der Waals surface area (Å²) in [5.41, 5.74) is 1.71. The van der Waals surface area contributed by atoms with E-state index in [9.17, 15) is 0 Å². The van der Waals surface area contributed by atoms with Crippen LogP contribution >= 0.6 is 23.8 Å². The fourth-order valence-electron chi connectivity index (χ4n) is 2.04. The number of hydrogen-bond donors (Lipinski definition) is 2. The molecule has 0 aliphatic carbocycles. The number of halogens is 1. The molecule has 2 heterocycles. The van der Waals surface area contributed by atoms with Crippen molar-refractivity contribution in [3.8, 4) is 11.3 Å². The first-order valence-corrected chi connectivity index (χ1v) is 7.80. The van der Waals surface area contributed by atoms with Crippen molar-refractivity contribution in [1.29, 1.82) is 0 Å². The van der Waals surface area contributed by atoms with Crippen molar-refractivity contribution in [2.45, 2.75) is 6.54 Å². The Morgan fingerprint density at radius 3 is 2.70 bits per heavy atom. The molecule has 3 rings (SSSR count). The van der Waals surface area contributed by atoms with E-state index in [2.05, 4.69) is 15.6 Å². The lowest BCUT2D eigenvalue weighted by Crippen LogP contribution is -2.27. The maximum absolute atomic E-state index is 5.98. The molecule has 0 radical (unpaired) electrons. The fraction of sp³-hybridized carbons (Fsp3) is 0.0588. The Balaban J connectivity index is 1.58. The molecule has 0 aliphatic rings. The Labute approximate surface area is 144 Å². The van der Waals surface area contributed by atoms with Crippen molar-refractivity contribution in [1.82, 2.24) is 10.3 Å². The minimum Gasteiger partial charge on any atom is -0.459 e. The molecule has 0 spiro atoms. The number of thiocarbonyl (C=S) groups is 1. The summed E-state index contributed by atoms with van der Waals surface area (Å²) in [4.78, 5) is 3.98. The van der Waals surface area contributed by atoms with Gasteiger partial charge in [-0.1, -0.05) is 41.9 Å². The highest BCUT2D eigenvalue weighted by molar-refractivity contribution is 7.80. The van der Waals surface area contributed by atoms with E-state index in [1.54, 1.807) is 12.3 Å². The van der Waals surface area contributed by atoms with Gasteiger partial charge in [0.2, 0.25) is 0 Å². The molecule has 3 aromatic rings. The van der Waals surface area contributed by atoms with Crippen molar-refractivity contribution in [2.24, 2.45) is 0 Å². The van der Waals surface area contributed by atoms with Crippen molar-refractivity contribution >= 4 is 34.6 Å². The van der Waals surface area contributed by atoms with Crippen molar-refractivity contribution in [2.75, 3.05) is 5.32 Å². The molecule has 1 aromatic carbocycles. The summed E-state index contributed by atoms with van der Waals surface area (Å²) in [5.74, 6) is 1.63. The van der Waals surface area contributed by atoms with Gasteiger partial charge in [0.1, 0.15) is 11.5 Å². The number of rotatable bonds is 4. The second kappa shape index (κ2) is 7.26. The summed E-state index contributed by atoms with van der Waals surface area (Å²) in [6.07, 6.45) is 1.62. The molecule has 2 N–H and O–H groups in total. The molecule has 0 amide bonds. The molecular formula is C17H14ClN3OS. The van der Waals surface area contributed by atoms with Gasteiger partial charge in [0, 0.05) is 11.8 Å². The average molecular weight is 344 g/mol. The number of nitrogens with zero attached hydrogens (tertiary/aromatic N) is 1. The molecule has 6 heteroatoms. The first-order valence-electron chi connectivity index (χ1n) is 7.02. The van der Waals surface area contributed by atoms with Gasteiger partial charge in [-0.25, -0.2) is 4.98 Å². The van der Waals surface area contributed by atoms with Crippen LogP contribution in [-0.4, -0.2) is 10.1 Å². The van der Waals surface area contributed by atoms with E-state index in [0.717, 1.165) is 17.1 Å². The number of aromatic nitrogens is 1. The Kier molecular flexibility index (Phi) is 4.90. The highest BCUT2D eigenvalue weighted by Gasteiger charge is 2.06. The van der Waals surface area contributed by atoms with Gasteiger partial charge < -0.3 is 15.1 Å². The Morgan fingerprint density at radius 1 is 1.09 bits per heavy atom. The lowest BCUT2D eigenvalue weighted by molar-refractivity contribution is 0.516. The number of furan rings is 1. The molecule has 23 heavy (non-hydrogen) atoms. The molecule has 0 atom stereocenters.